The molecule has 2 rings (SSSR count). The summed E-state index contributed by atoms with van der Waals surface area (Å²) in [6.45, 7) is 0.835. The molecule has 4 heteroatoms. The van der Waals surface area contributed by atoms with Crippen molar-refractivity contribution in [3.63, 3.8) is 0 Å². The number of halogens is 1. The van der Waals surface area contributed by atoms with Gasteiger partial charge in [0.05, 0.1) is 12.7 Å². The third kappa shape index (κ3) is 2.57. The van der Waals surface area contributed by atoms with E-state index in [0.717, 1.165) is 12.2 Å². The number of pyridine rings is 1. The lowest BCUT2D eigenvalue weighted by Crippen LogP contribution is -3.00. The molecule has 0 spiro atoms. The normalized spacial score (nSPS) is 9.50. The maximum Gasteiger partial charge on any atom is 0.243 e. The molecular formula is C10H12ClN3. The van der Waals surface area contributed by atoms with E-state index in [1.807, 2.05) is 54.7 Å². The molecule has 0 fully saturated rings. The lowest BCUT2D eigenvalue weighted by molar-refractivity contribution is -0.671. The van der Waals surface area contributed by atoms with Crippen molar-refractivity contribution in [2.24, 2.45) is 7.05 Å². The molecule has 0 saturated heterocycles. The van der Waals surface area contributed by atoms with Crippen LogP contribution < -0.4 is 17.0 Å². The second-order valence-electron chi connectivity index (χ2n) is 3.07. The average molecular weight is 210 g/mol. The van der Waals surface area contributed by atoms with Gasteiger partial charge in [-0.2, -0.15) is 0 Å². The van der Waals surface area contributed by atoms with Gasteiger partial charge >= 0.3 is 0 Å². The lowest BCUT2D eigenvalue weighted by Gasteiger charge is -1.94. The Morgan fingerprint density at radius 2 is 2.29 bits per heavy atom. The molecule has 0 amide bonds. The summed E-state index contributed by atoms with van der Waals surface area (Å²) in [6, 6.07) is 5.96. The highest BCUT2D eigenvalue weighted by atomic mass is 35.5. The number of imidazole rings is 1. The monoisotopic (exact) mass is 209 g/mol. The third-order valence-corrected chi connectivity index (χ3v) is 1.89. The largest absolute Gasteiger partial charge is 1.00 e. The highest BCUT2D eigenvalue weighted by molar-refractivity contribution is 5.03. The topological polar surface area (TPSA) is 21.7 Å². The van der Waals surface area contributed by atoms with Crippen LogP contribution in [0.25, 0.3) is 0 Å². The predicted octanol–water partition coefficient (Wildman–Crippen LogP) is -2.24. The summed E-state index contributed by atoms with van der Waals surface area (Å²) < 4.78 is 4.12. The fraction of sp³-hybridized carbons (Fsp3) is 0.200. The lowest BCUT2D eigenvalue weighted by atomic mass is 10.3. The van der Waals surface area contributed by atoms with Crippen LogP contribution in [0.1, 0.15) is 5.69 Å². The van der Waals surface area contributed by atoms with Gasteiger partial charge in [-0.05, 0) is 12.1 Å². The van der Waals surface area contributed by atoms with Crippen molar-refractivity contribution in [1.82, 2.24) is 9.55 Å². The summed E-state index contributed by atoms with van der Waals surface area (Å²) in [6.07, 6.45) is 7.91. The minimum atomic E-state index is 0. The van der Waals surface area contributed by atoms with E-state index in [2.05, 4.69) is 9.55 Å². The Kier molecular flexibility index (Phi) is 3.65. The van der Waals surface area contributed by atoms with E-state index in [-0.39, 0.29) is 12.4 Å². The van der Waals surface area contributed by atoms with E-state index >= 15 is 0 Å². The van der Waals surface area contributed by atoms with E-state index in [0.29, 0.717) is 0 Å². The van der Waals surface area contributed by atoms with Gasteiger partial charge in [-0.3, -0.25) is 4.98 Å². The van der Waals surface area contributed by atoms with Crippen LogP contribution >= 0.6 is 0 Å². The maximum absolute atomic E-state index is 4.25. The van der Waals surface area contributed by atoms with Crippen molar-refractivity contribution >= 4 is 0 Å². The van der Waals surface area contributed by atoms with Gasteiger partial charge < -0.3 is 12.4 Å². The zero-order valence-corrected chi connectivity index (χ0v) is 8.72. The second kappa shape index (κ2) is 4.77. The molecule has 0 bridgehead atoms. The van der Waals surface area contributed by atoms with Crippen LogP contribution in [0.4, 0.5) is 0 Å². The van der Waals surface area contributed by atoms with Gasteiger partial charge in [-0.15, -0.1) is 0 Å². The van der Waals surface area contributed by atoms with Gasteiger partial charge in [0, 0.05) is 6.20 Å². The van der Waals surface area contributed by atoms with Crippen LogP contribution in [-0.2, 0) is 13.6 Å². The van der Waals surface area contributed by atoms with Gasteiger partial charge in [-0.1, -0.05) is 6.07 Å². The van der Waals surface area contributed by atoms with Gasteiger partial charge in [0.15, 0.2) is 0 Å². The zero-order chi connectivity index (χ0) is 9.10. The molecule has 2 heterocycles. The number of rotatable bonds is 2. The number of aryl methyl sites for hydroxylation is 1. The van der Waals surface area contributed by atoms with Crippen molar-refractivity contribution in [3.05, 3.63) is 48.8 Å². The zero-order valence-electron chi connectivity index (χ0n) is 7.97. The van der Waals surface area contributed by atoms with E-state index in [1.54, 1.807) is 0 Å². The third-order valence-electron chi connectivity index (χ3n) is 1.89. The molecule has 2 aromatic heterocycles. The van der Waals surface area contributed by atoms with Gasteiger partial charge in [-0.25, -0.2) is 9.13 Å². The summed E-state index contributed by atoms with van der Waals surface area (Å²) in [4.78, 5) is 4.25. The highest BCUT2D eigenvalue weighted by Crippen LogP contribution is 1.96. The molecule has 0 aliphatic carbocycles. The summed E-state index contributed by atoms with van der Waals surface area (Å²) in [5.74, 6) is 0. The summed E-state index contributed by atoms with van der Waals surface area (Å²) in [5.41, 5.74) is 1.08. The molecule has 0 aromatic carbocycles. The van der Waals surface area contributed by atoms with Crippen LogP contribution in [0.15, 0.2) is 43.1 Å². The van der Waals surface area contributed by atoms with Crippen LogP contribution in [0.2, 0.25) is 0 Å². The molecule has 2 aromatic rings. The Labute approximate surface area is 89.4 Å². The first-order valence-electron chi connectivity index (χ1n) is 4.25. The van der Waals surface area contributed by atoms with Crippen molar-refractivity contribution in [3.8, 4) is 0 Å². The van der Waals surface area contributed by atoms with E-state index in [4.69, 9.17) is 0 Å². The van der Waals surface area contributed by atoms with Crippen LogP contribution in [0.3, 0.4) is 0 Å². The Bertz CT molecular complexity index is 383. The van der Waals surface area contributed by atoms with Crippen molar-refractivity contribution in [1.29, 1.82) is 0 Å². The van der Waals surface area contributed by atoms with Crippen LogP contribution in [0, 0.1) is 0 Å². The van der Waals surface area contributed by atoms with Gasteiger partial charge in [0.1, 0.15) is 18.9 Å². The molecule has 0 radical (unpaired) electrons. The molecule has 0 atom stereocenters. The molecule has 0 N–H and O–H groups in total. The number of hydrogen-bond donors (Lipinski definition) is 0. The average Bonchev–Trinajstić information content (AvgIpc) is 2.53. The van der Waals surface area contributed by atoms with Crippen molar-refractivity contribution in [2.45, 2.75) is 6.54 Å². The molecule has 3 nitrogen and oxygen atoms in total. The van der Waals surface area contributed by atoms with Crippen LogP contribution in [-0.4, -0.2) is 9.55 Å². The quantitative estimate of drug-likeness (QED) is 0.513. The summed E-state index contributed by atoms with van der Waals surface area (Å²) in [5, 5.41) is 0. The first kappa shape index (κ1) is 10.7. The molecule has 0 saturated carbocycles. The fourth-order valence-corrected chi connectivity index (χ4v) is 1.27. The Morgan fingerprint density at radius 3 is 2.86 bits per heavy atom. The van der Waals surface area contributed by atoms with Crippen molar-refractivity contribution < 1.29 is 17.0 Å². The van der Waals surface area contributed by atoms with Gasteiger partial charge in [0.25, 0.3) is 0 Å². The molecule has 74 valence electrons. The standard InChI is InChI=1S/C10H12N3.ClH/c1-12-6-7-13(9-12)8-10-4-2-3-5-11-10;/h2-7,9H,8H2,1H3;1H/q+1;/p-1. The molecular weight excluding hydrogens is 198 g/mol. The minimum absolute atomic E-state index is 0. The number of hydrogen-bond acceptors (Lipinski definition) is 1. The van der Waals surface area contributed by atoms with E-state index in [1.165, 1.54) is 0 Å². The maximum atomic E-state index is 4.25. The minimum Gasteiger partial charge on any atom is -1.00 e. The molecule has 0 unspecified atom stereocenters. The molecule has 0 aliphatic rings. The van der Waals surface area contributed by atoms with E-state index in [9.17, 15) is 0 Å². The molecule has 14 heavy (non-hydrogen) atoms. The number of nitrogens with zero attached hydrogens (tertiary/aromatic N) is 3. The predicted molar refractivity (Wildman–Crippen MR) is 48.9 cm³/mol. The summed E-state index contributed by atoms with van der Waals surface area (Å²) in [7, 11) is 2.01. The fourth-order valence-electron chi connectivity index (χ4n) is 1.27. The SMILES string of the molecule is C[n+]1ccn(Cc2ccccn2)c1.[Cl-]. The first-order chi connectivity index (χ1) is 6.34. The Hall–Kier alpha value is -1.35. The first-order valence-corrected chi connectivity index (χ1v) is 4.25. The Morgan fingerprint density at radius 1 is 1.43 bits per heavy atom. The van der Waals surface area contributed by atoms with E-state index < -0.39 is 0 Å². The van der Waals surface area contributed by atoms with Crippen molar-refractivity contribution in [2.75, 3.05) is 0 Å². The number of aromatic nitrogens is 3. The highest BCUT2D eigenvalue weighted by Gasteiger charge is 2.00. The molecule has 0 aliphatic heterocycles. The second-order valence-corrected chi connectivity index (χ2v) is 3.07. The van der Waals surface area contributed by atoms with Crippen LogP contribution in [0.5, 0.6) is 0 Å². The summed E-state index contributed by atoms with van der Waals surface area (Å²) >= 11 is 0. The smallest absolute Gasteiger partial charge is 0.243 e. The Balaban J connectivity index is 0.000000980. The van der Waals surface area contributed by atoms with Gasteiger partial charge in [0.2, 0.25) is 6.33 Å².